The van der Waals surface area contributed by atoms with Crippen molar-refractivity contribution in [2.75, 3.05) is 0 Å². The second-order valence-corrected chi connectivity index (χ2v) is 4.94. The normalized spacial score (nSPS) is 12.7. The SMILES string of the molecule is Cc1ccc(C(Br)Cc2cccc(F)c2F)o1. The fourth-order valence-corrected chi connectivity index (χ4v) is 2.22. The number of benzene rings is 1. The van der Waals surface area contributed by atoms with E-state index in [-0.39, 0.29) is 4.83 Å². The molecule has 0 aliphatic rings. The van der Waals surface area contributed by atoms with Crippen molar-refractivity contribution in [1.82, 2.24) is 0 Å². The van der Waals surface area contributed by atoms with Crippen molar-refractivity contribution in [2.24, 2.45) is 0 Å². The maximum Gasteiger partial charge on any atom is 0.162 e. The first-order valence-corrected chi connectivity index (χ1v) is 6.13. The Labute approximate surface area is 107 Å². The highest BCUT2D eigenvalue weighted by Crippen LogP contribution is 2.29. The molecule has 90 valence electrons. The maximum atomic E-state index is 13.5. The van der Waals surface area contributed by atoms with Crippen molar-refractivity contribution in [1.29, 1.82) is 0 Å². The third-order valence-corrected chi connectivity index (χ3v) is 3.28. The lowest BCUT2D eigenvalue weighted by molar-refractivity contribution is 0.472. The van der Waals surface area contributed by atoms with Gasteiger partial charge in [-0.2, -0.15) is 0 Å². The summed E-state index contributed by atoms with van der Waals surface area (Å²) in [6.07, 6.45) is 0.344. The van der Waals surface area contributed by atoms with Crippen LogP contribution in [0.4, 0.5) is 8.78 Å². The summed E-state index contributed by atoms with van der Waals surface area (Å²) < 4.78 is 31.9. The summed E-state index contributed by atoms with van der Waals surface area (Å²) >= 11 is 3.41. The number of alkyl halides is 1. The van der Waals surface area contributed by atoms with Crippen LogP contribution in [0.25, 0.3) is 0 Å². The molecule has 0 bridgehead atoms. The summed E-state index contributed by atoms with van der Waals surface area (Å²) in [5, 5.41) is 0. The first-order valence-electron chi connectivity index (χ1n) is 5.21. The van der Waals surface area contributed by atoms with Crippen LogP contribution in [0.3, 0.4) is 0 Å². The molecule has 0 spiro atoms. The second kappa shape index (κ2) is 5.00. The molecule has 0 radical (unpaired) electrons. The minimum Gasteiger partial charge on any atom is -0.465 e. The lowest BCUT2D eigenvalue weighted by Crippen LogP contribution is -1.99. The zero-order valence-corrected chi connectivity index (χ0v) is 10.8. The van der Waals surface area contributed by atoms with Crippen LogP contribution < -0.4 is 0 Å². The number of hydrogen-bond acceptors (Lipinski definition) is 1. The van der Waals surface area contributed by atoms with Gasteiger partial charge in [-0.15, -0.1) is 0 Å². The first-order chi connectivity index (χ1) is 8.08. The van der Waals surface area contributed by atoms with E-state index in [2.05, 4.69) is 15.9 Å². The molecule has 0 aliphatic carbocycles. The fourth-order valence-electron chi connectivity index (χ4n) is 1.62. The van der Waals surface area contributed by atoms with Crippen LogP contribution >= 0.6 is 15.9 Å². The molecular weight excluding hydrogens is 290 g/mol. The van der Waals surface area contributed by atoms with E-state index in [9.17, 15) is 8.78 Å². The van der Waals surface area contributed by atoms with E-state index < -0.39 is 11.6 Å². The lowest BCUT2D eigenvalue weighted by Gasteiger charge is -2.08. The Morgan fingerprint density at radius 3 is 2.65 bits per heavy atom. The predicted molar refractivity (Wildman–Crippen MR) is 65.2 cm³/mol. The van der Waals surface area contributed by atoms with Gasteiger partial charge < -0.3 is 4.42 Å². The number of furan rings is 1. The Kier molecular flexibility index (Phi) is 3.62. The van der Waals surface area contributed by atoms with Gasteiger partial charge in [0, 0.05) is 0 Å². The van der Waals surface area contributed by atoms with E-state index in [1.54, 1.807) is 6.07 Å². The van der Waals surface area contributed by atoms with Crippen molar-refractivity contribution >= 4 is 15.9 Å². The van der Waals surface area contributed by atoms with Crippen LogP contribution in [0.2, 0.25) is 0 Å². The molecule has 0 saturated heterocycles. The molecule has 1 nitrogen and oxygen atoms in total. The number of hydrogen-bond donors (Lipinski definition) is 0. The van der Waals surface area contributed by atoms with Gasteiger partial charge in [0.25, 0.3) is 0 Å². The highest BCUT2D eigenvalue weighted by atomic mass is 79.9. The van der Waals surface area contributed by atoms with Gasteiger partial charge in [0.05, 0.1) is 4.83 Å². The number of halogens is 3. The second-order valence-electron chi connectivity index (χ2n) is 3.83. The van der Waals surface area contributed by atoms with Crippen molar-refractivity contribution in [3.05, 3.63) is 59.1 Å². The van der Waals surface area contributed by atoms with Gasteiger partial charge >= 0.3 is 0 Å². The minimum atomic E-state index is -0.821. The van der Waals surface area contributed by atoms with E-state index in [1.807, 2.05) is 19.1 Å². The van der Waals surface area contributed by atoms with Crippen molar-refractivity contribution in [3.8, 4) is 0 Å². The summed E-state index contributed by atoms with van der Waals surface area (Å²) in [4.78, 5) is -0.160. The topological polar surface area (TPSA) is 13.1 Å². The molecule has 1 heterocycles. The zero-order valence-electron chi connectivity index (χ0n) is 9.21. The first kappa shape index (κ1) is 12.3. The van der Waals surface area contributed by atoms with Crippen LogP contribution in [-0.2, 0) is 6.42 Å². The summed E-state index contributed by atoms with van der Waals surface area (Å²) in [5.41, 5.74) is 0.334. The highest BCUT2D eigenvalue weighted by molar-refractivity contribution is 9.09. The van der Waals surface area contributed by atoms with Crippen LogP contribution in [0, 0.1) is 18.6 Å². The van der Waals surface area contributed by atoms with Gasteiger partial charge in [-0.25, -0.2) is 8.78 Å². The summed E-state index contributed by atoms with van der Waals surface area (Å²) in [6.45, 7) is 1.84. The lowest BCUT2D eigenvalue weighted by atomic mass is 10.1. The molecule has 1 atom stereocenters. The van der Waals surface area contributed by atoms with Crippen LogP contribution in [-0.4, -0.2) is 0 Å². The maximum absolute atomic E-state index is 13.5. The zero-order chi connectivity index (χ0) is 12.4. The third kappa shape index (κ3) is 2.75. The quantitative estimate of drug-likeness (QED) is 0.758. The molecular formula is C13H11BrF2O. The molecule has 1 unspecified atom stereocenters. The average Bonchev–Trinajstić information content (AvgIpc) is 2.72. The summed E-state index contributed by atoms with van der Waals surface area (Å²) in [5.74, 6) is -0.103. The molecule has 0 saturated carbocycles. The Morgan fingerprint density at radius 1 is 1.24 bits per heavy atom. The van der Waals surface area contributed by atoms with E-state index in [0.717, 1.165) is 11.8 Å². The summed E-state index contributed by atoms with van der Waals surface area (Å²) in [7, 11) is 0. The van der Waals surface area contributed by atoms with Crippen LogP contribution in [0.5, 0.6) is 0 Å². The number of aryl methyl sites for hydroxylation is 1. The number of rotatable bonds is 3. The Hall–Kier alpha value is -1.16. The van der Waals surface area contributed by atoms with E-state index in [0.29, 0.717) is 17.7 Å². The summed E-state index contributed by atoms with van der Waals surface area (Å²) in [6, 6.07) is 7.85. The van der Waals surface area contributed by atoms with Crippen molar-refractivity contribution in [3.63, 3.8) is 0 Å². The molecule has 4 heteroatoms. The van der Waals surface area contributed by atoms with E-state index in [4.69, 9.17) is 4.42 Å². The van der Waals surface area contributed by atoms with Gasteiger partial charge in [0.15, 0.2) is 11.6 Å². The van der Waals surface area contributed by atoms with Crippen molar-refractivity contribution < 1.29 is 13.2 Å². The smallest absolute Gasteiger partial charge is 0.162 e. The molecule has 0 fully saturated rings. The molecule has 1 aromatic heterocycles. The Morgan fingerprint density at radius 2 is 2.00 bits per heavy atom. The molecule has 0 aliphatic heterocycles. The van der Waals surface area contributed by atoms with Crippen LogP contribution in [0.15, 0.2) is 34.7 Å². The molecule has 2 aromatic rings. The van der Waals surface area contributed by atoms with Gasteiger partial charge in [-0.05, 0) is 37.1 Å². The van der Waals surface area contributed by atoms with E-state index in [1.165, 1.54) is 6.07 Å². The standard InChI is InChI=1S/C13H11BrF2O/c1-8-5-6-12(17-8)10(14)7-9-3-2-4-11(15)13(9)16/h2-6,10H,7H2,1H3. The molecule has 0 amide bonds. The van der Waals surface area contributed by atoms with Crippen LogP contribution in [0.1, 0.15) is 21.9 Å². The Balaban J connectivity index is 2.18. The monoisotopic (exact) mass is 300 g/mol. The third-order valence-electron chi connectivity index (χ3n) is 2.50. The van der Waals surface area contributed by atoms with Gasteiger partial charge in [0.2, 0.25) is 0 Å². The largest absolute Gasteiger partial charge is 0.465 e. The average molecular weight is 301 g/mol. The van der Waals surface area contributed by atoms with Gasteiger partial charge in [0.1, 0.15) is 11.5 Å². The van der Waals surface area contributed by atoms with E-state index >= 15 is 0 Å². The highest BCUT2D eigenvalue weighted by Gasteiger charge is 2.16. The molecule has 17 heavy (non-hydrogen) atoms. The molecule has 1 aromatic carbocycles. The van der Waals surface area contributed by atoms with Crippen molar-refractivity contribution in [2.45, 2.75) is 18.2 Å². The Bertz CT molecular complexity index is 522. The minimum absolute atomic E-state index is 0.160. The fraction of sp³-hybridized carbons (Fsp3) is 0.231. The predicted octanol–water partition coefficient (Wildman–Crippen LogP) is 4.54. The van der Waals surface area contributed by atoms with Gasteiger partial charge in [-0.1, -0.05) is 28.1 Å². The van der Waals surface area contributed by atoms with Gasteiger partial charge in [-0.3, -0.25) is 0 Å². The molecule has 0 N–H and O–H groups in total. The molecule has 2 rings (SSSR count).